The van der Waals surface area contributed by atoms with Gasteiger partial charge in [0, 0.05) is 0 Å². The lowest BCUT2D eigenvalue weighted by Crippen LogP contribution is -2.43. The summed E-state index contributed by atoms with van der Waals surface area (Å²) in [5, 5.41) is 0. The monoisotopic (exact) mass is 1360 g/mol. The van der Waals surface area contributed by atoms with Crippen LogP contribution in [-0.2, 0) is 33.2 Å². The van der Waals surface area contributed by atoms with Crippen LogP contribution in [-0.4, -0.2) is 87.0 Å². The Kier molecular flexibility index (Phi) is 21.6. The molecule has 0 N–H and O–H groups in total. The van der Waals surface area contributed by atoms with Crippen LogP contribution in [0.5, 0.6) is 0 Å². The van der Waals surface area contributed by atoms with Crippen molar-refractivity contribution in [1.29, 1.82) is 0 Å². The molecule has 0 spiro atoms. The van der Waals surface area contributed by atoms with Crippen LogP contribution in [0, 0.1) is 175 Å². The Morgan fingerprint density at radius 2 is 0.888 bits per heavy atom. The molecule has 0 aromatic carbocycles. The van der Waals surface area contributed by atoms with E-state index in [0.717, 1.165) is 162 Å². The lowest BCUT2D eigenvalue weighted by atomic mass is 9.67. The van der Waals surface area contributed by atoms with E-state index in [1.54, 1.807) is 44.9 Å². The predicted molar refractivity (Wildman–Crippen MR) is 401 cm³/mol. The zero-order valence-electron chi connectivity index (χ0n) is 67.6. The molecule has 2 aliphatic heterocycles. The van der Waals surface area contributed by atoms with E-state index >= 15 is 0 Å². The molecule has 2 saturated heterocycles. The van der Waals surface area contributed by atoms with Crippen molar-refractivity contribution in [2.75, 3.05) is 19.8 Å². The highest BCUT2D eigenvalue weighted by atomic mass is 16.5. The van der Waals surface area contributed by atoms with Crippen molar-refractivity contribution in [1.82, 2.24) is 0 Å². The summed E-state index contributed by atoms with van der Waals surface area (Å²) >= 11 is 0. The van der Waals surface area contributed by atoms with Crippen molar-refractivity contribution >= 4 is 0 Å². The van der Waals surface area contributed by atoms with E-state index in [9.17, 15) is 0 Å². The standard InChI is InChI=1S/C16H26O.C15H24O.C14H26O.2C13H24O.2C10H16O/c1-9(2)17-8-13-6-12-7-14(13)16-11-4-3-10(5-11)15(12)16;1-8(2)16-13-7-11-6-12(13)15-10-4-3-9(5-10)14(11)15;1-10(2)15-9-12-8-11-6-7-14(12,5)13(11,3)4;1-9(2)14-11-12(3,4)10-6-7-13(11,5)8-10;1-9(2)14-11-8-10-6-7-13(11,5)12(10,3)4;1-6-10-8-3-2-7(4-8)9(10)5-11-6;1-6-4-9-7-2-3-8(5-7)10(9)11-6/h9-16H,3-8H2,1-2H3;8-15H,3-7H2,1-2H3;10-12H,6-9H2,1-5H3;2*9-11H,6-8H2,1-5H3;2*6-10H,2-5H2,1H3. The Hall–Kier alpha value is -0.280. The quantitative estimate of drug-likeness (QED) is 0.180. The Morgan fingerprint density at radius 1 is 0.388 bits per heavy atom. The number of rotatable bonds is 12. The smallest absolute Gasteiger partial charge is 0.0685 e. The minimum atomic E-state index is 0.371. The van der Waals surface area contributed by atoms with Gasteiger partial charge in [0.2, 0.25) is 0 Å². The zero-order chi connectivity index (χ0) is 69.7. The molecule has 20 fully saturated rings. The van der Waals surface area contributed by atoms with E-state index in [0.29, 0.717) is 99.6 Å². The summed E-state index contributed by atoms with van der Waals surface area (Å²) in [5.41, 5.74) is 2.87. The highest BCUT2D eigenvalue weighted by Gasteiger charge is 2.67. The average molecular weight is 1360 g/mol. The van der Waals surface area contributed by atoms with Gasteiger partial charge < -0.3 is 33.2 Å². The summed E-state index contributed by atoms with van der Waals surface area (Å²) in [6.45, 7) is 51.2. The van der Waals surface area contributed by atoms with Gasteiger partial charge in [0.05, 0.1) is 87.0 Å². The van der Waals surface area contributed by atoms with Crippen LogP contribution in [0.1, 0.15) is 312 Å². The highest BCUT2D eigenvalue weighted by molar-refractivity contribution is 5.16. The number of hydrogen-bond acceptors (Lipinski definition) is 7. The number of hydrogen-bond donors (Lipinski definition) is 0. The summed E-state index contributed by atoms with van der Waals surface area (Å²) in [4.78, 5) is 0. The molecule has 0 amide bonds. The van der Waals surface area contributed by atoms with Crippen LogP contribution in [0.25, 0.3) is 0 Å². The Bertz CT molecular complexity index is 2630. The first-order valence-corrected chi connectivity index (χ1v) is 43.8. The maximum Gasteiger partial charge on any atom is 0.0685 e. The maximum atomic E-state index is 6.16. The molecule has 2 heterocycles. The van der Waals surface area contributed by atoms with Gasteiger partial charge in [0.1, 0.15) is 0 Å². The SMILES string of the molecule is CC(C)OC1C2(C)CCC(C2)C1(C)C.CC(C)OC1CC2CC1C1C3CCC(C3)C21.CC(C)OC1CC2CCC1(C)C2(C)C.CC(C)OCC1CC2CC1C1C3CCC(C3)C21.CC(C)OCC1CC2CCC1(C)C2(C)C.CC1CC2C3CCC(C3)C2O1.CC1OCC2C3CCC(C3)C12. The molecule has 7 heteroatoms. The van der Waals surface area contributed by atoms with Gasteiger partial charge in [0.25, 0.3) is 0 Å². The molecule has 18 aliphatic carbocycles. The normalized spacial score (nSPS) is 51.9. The maximum absolute atomic E-state index is 6.16. The van der Waals surface area contributed by atoms with Gasteiger partial charge in [0.15, 0.2) is 0 Å². The molecule has 18 saturated carbocycles. The van der Waals surface area contributed by atoms with E-state index in [2.05, 4.69) is 145 Å². The summed E-state index contributed by atoms with van der Waals surface area (Å²) in [6.07, 6.45) is 43.7. The fourth-order valence-corrected chi connectivity index (χ4v) is 31.1. The second kappa shape index (κ2) is 28.4. The second-order valence-corrected chi connectivity index (χ2v) is 43.3. The fraction of sp³-hybridized carbons (Fsp3) is 1.00. The molecule has 0 aromatic heterocycles. The fourth-order valence-electron chi connectivity index (χ4n) is 31.1. The van der Waals surface area contributed by atoms with E-state index in [-0.39, 0.29) is 0 Å². The zero-order valence-corrected chi connectivity index (χ0v) is 67.6. The van der Waals surface area contributed by atoms with Gasteiger partial charge in [-0.2, -0.15) is 0 Å². The lowest BCUT2D eigenvalue weighted by Gasteiger charge is -2.43. The van der Waals surface area contributed by atoms with Gasteiger partial charge in [-0.3, -0.25) is 0 Å². The summed E-state index contributed by atoms with van der Waals surface area (Å²) in [5.74, 6) is 24.6. The van der Waals surface area contributed by atoms with Crippen molar-refractivity contribution in [3.63, 3.8) is 0 Å². The van der Waals surface area contributed by atoms with Crippen LogP contribution in [0.2, 0.25) is 0 Å². The molecule has 7 nitrogen and oxygen atoms in total. The Labute approximate surface area is 603 Å². The van der Waals surface area contributed by atoms with E-state index < -0.39 is 0 Å². The number of ether oxygens (including phenoxy) is 7. The van der Waals surface area contributed by atoms with Gasteiger partial charge in [-0.05, 0) is 425 Å². The van der Waals surface area contributed by atoms with Crippen molar-refractivity contribution in [2.24, 2.45) is 175 Å². The van der Waals surface area contributed by atoms with E-state index in [1.165, 1.54) is 122 Å². The molecule has 33 unspecified atom stereocenters. The lowest BCUT2D eigenvalue weighted by molar-refractivity contribution is -0.113. The Balaban J connectivity index is 0.0000000982. The van der Waals surface area contributed by atoms with Crippen molar-refractivity contribution in [3.05, 3.63) is 0 Å². The highest BCUT2D eigenvalue weighted by Crippen LogP contribution is 2.72. The third-order valence-electron chi connectivity index (χ3n) is 36.2. The third-order valence-corrected chi connectivity index (χ3v) is 36.2. The van der Waals surface area contributed by atoms with Crippen LogP contribution in [0.15, 0.2) is 0 Å². The molecular weight excluding hydrogens is 1200 g/mol. The summed E-state index contributed by atoms with van der Waals surface area (Å²) in [7, 11) is 0. The van der Waals surface area contributed by atoms with E-state index in [4.69, 9.17) is 33.2 Å². The van der Waals surface area contributed by atoms with Gasteiger partial charge >= 0.3 is 0 Å². The Morgan fingerprint density at radius 3 is 1.42 bits per heavy atom. The molecule has 33 atom stereocenters. The molecule has 20 rings (SSSR count). The van der Waals surface area contributed by atoms with Gasteiger partial charge in [-0.25, -0.2) is 0 Å². The topological polar surface area (TPSA) is 64.6 Å². The van der Waals surface area contributed by atoms with Crippen molar-refractivity contribution in [3.8, 4) is 0 Å². The molecule has 0 aromatic rings. The minimum absolute atomic E-state index is 0.371. The van der Waals surface area contributed by atoms with Crippen LogP contribution in [0.3, 0.4) is 0 Å². The van der Waals surface area contributed by atoms with E-state index in [1.807, 2.05) is 0 Å². The van der Waals surface area contributed by atoms with Crippen molar-refractivity contribution in [2.45, 2.75) is 379 Å². The van der Waals surface area contributed by atoms with Crippen LogP contribution >= 0.6 is 0 Å². The van der Waals surface area contributed by atoms with Gasteiger partial charge in [-0.1, -0.05) is 62.3 Å². The van der Waals surface area contributed by atoms with Gasteiger partial charge in [-0.15, -0.1) is 0 Å². The molecule has 20 aliphatic rings. The number of fused-ring (bicyclic) bond motifs is 34. The summed E-state index contributed by atoms with van der Waals surface area (Å²) in [6, 6.07) is 0. The largest absolute Gasteiger partial charge is 0.378 e. The van der Waals surface area contributed by atoms with Crippen LogP contribution < -0.4 is 0 Å². The molecule has 0 radical (unpaired) electrons. The van der Waals surface area contributed by atoms with Crippen LogP contribution in [0.4, 0.5) is 0 Å². The average Bonchev–Trinajstić information content (AvgIpc) is 1.57. The first-order valence-electron chi connectivity index (χ1n) is 43.8. The predicted octanol–water partition coefficient (Wildman–Crippen LogP) is 22.6. The molecular formula is C91H156O7. The molecule has 98 heavy (non-hydrogen) atoms. The third kappa shape index (κ3) is 13.3. The first-order chi connectivity index (χ1) is 46.3. The van der Waals surface area contributed by atoms with Crippen molar-refractivity contribution < 1.29 is 33.2 Å². The molecule has 562 valence electrons. The molecule has 18 bridgehead atoms. The summed E-state index contributed by atoms with van der Waals surface area (Å²) < 4.78 is 41.8. The minimum Gasteiger partial charge on any atom is -0.378 e. The first kappa shape index (κ1) is 74.6. The second-order valence-electron chi connectivity index (χ2n) is 43.3.